The van der Waals surface area contributed by atoms with Gasteiger partial charge in [0.1, 0.15) is 35.3 Å². The van der Waals surface area contributed by atoms with Gasteiger partial charge in [-0.3, -0.25) is 4.79 Å². The quantitative estimate of drug-likeness (QED) is 0.378. The largest absolute Gasteiger partial charge is 0.507 e. The number of rotatable bonds is 8. The first-order valence-electron chi connectivity index (χ1n) is 7.25. The molecule has 0 unspecified atom stereocenters. The summed E-state index contributed by atoms with van der Waals surface area (Å²) in [6.45, 7) is -0.391. The number of hydrogen-bond donors (Lipinski definition) is 3. The lowest BCUT2D eigenvalue weighted by atomic mass is 10.1. The molecule has 0 fully saturated rings. The van der Waals surface area contributed by atoms with E-state index in [2.05, 4.69) is 5.16 Å². The topological polar surface area (TPSA) is 124 Å². The highest BCUT2D eigenvalue weighted by Gasteiger charge is 2.13. The first kappa shape index (κ1) is 17.9. The Morgan fingerprint density at radius 3 is 2.40 bits per heavy atom. The van der Waals surface area contributed by atoms with Crippen molar-refractivity contribution in [3.8, 4) is 23.0 Å². The van der Waals surface area contributed by atoms with E-state index in [9.17, 15) is 15.1 Å². The number of carbonyl (C=O) groups is 1. The first-order chi connectivity index (χ1) is 12.0. The average Bonchev–Trinajstić information content (AvgIpc) is 2.62. The molecule has 0 spiro atoms. The zero-order chi connectivity index (χ0) is 18.2. The van der Waals surface area contributed by atoms with Crippen LogP contribution in [0.1, 0.15) is 5.56 Å². The Bertz CT molecular complexity index is 775. The van der Waals surface area contributed by atoms with E-state index in [0.29, 0.717) is 11.5 Å². The van der Waals surface area contributed by atoms with Crippen LogP contribution in [0.25, 0.3) is 0 Å². The Labute approximate surface area is 144 Å². The third-order valence-electron chi connectivity index (χ3n) is 3.20. The van der Waals surface area contributed by atoms with Crippen LogP contribution in [-0.4, -0.2) is 42.3 Å². The van der Waals surface area contributed by atoms with Gasteiger partial charge in [0.25, 0.3) is 5.91 Å². The van der Waals surface area contributed by atoms with Gasteiger partial charge in [-0.2, -0.15) is 0 Å². The smallest absolute Gasteiger partial charge is 0.255 e. The van der Waals surface area contributed by atoms with Crippen molar-refractivity contribution in [2.45, 2.75) is 0 Å². The molecule has 8 nitrogen and oxygen atoms in total. The van der Waals surface area contributed by atoms with Gasteiger partial charge in [-0.1, -0.05) is 11.2 Å². The van der Waals surface area contributed by atoms with Crippen LogP contribution in [-0.2, 0) is 4.79 Å². The van der Waals surface area contributed by atoms with Crippen LogP contribution in [0.2, 0.25) is 0 Å². The molecule has 0 heterocycles. The van der Waals surface area contributed by atoms with Gasteiger partial charge in [-0.15, -0.1) is 0 Å². The van der Waals surface area contributed by atoms with E-state index in [4.69, 9.17) is 19.9 Å². The number of aromatic hydroxyl groups is 1. The standard InChI is InChI=1S/C17H18N2O6/c1-23-11-3-2-4-12(7-11)24-9-15(19-22)14-6-5-13(8-16(14)20)25-10-17(18)21/h2-8,20,22H,9-10H2,1H3,(H2,18,21)/b19-15-. The van der Waals surface area contributed by atoms with Gasteiger partial charge in [0.05, 0.1) is 7.11 Å². The minimum Gasteiger partial charge on any atom is -0.507 e. The van der Waals surface area contributed by atoms with Crippen molar-refractivity contribution in [2.24, 2.45) is 10.9 Å². The van der Waals surface area contributed by atoms with Crippen LogP contribution in [0.15, 0.2) is 47.6 Å². The molecule has 8 heteroatoms. The number of nitrogens with zero attached hydrogens (tertiary/aromatic N) is 1. The van der Waals surface area contributed by atoms with Gasteiger partial charge in [0, 0.05) is 17.7 Å². The molecule has 0 aliphatic heterocycles. The molecule has 0 atom stereocenters. The average molecular weight is 346 g/mol. The SMILES string of the molecule is COc1cccc(OC/C(=N/O)c2ccc(OCC(N)=O)cc2O)c1. The van der Waals surface area contributed by atoms with Crippen LogP contribution in [0.4, 0.5) is 0 Å². The van der Waals surface area contributed by atoms with Gasteiger partial charge in [0.2, 0.25) is 0 Å². The second-order valence-corrected chi connectivity index (χ2v) is 4.95. The zero-order valence-electron chi connectivity index (χ0n) is 13.5. The number of oxime groups is 1. The number of ether oxygens (including phenoxy) is 3. The van der Waals surface area contributed by atoms with Gasteiger partial charge in [-0.25, -0.2) is 0 Å². The molecule has 0 bridgehead atoms. The lowest BCUT2D eigenvalue weighted by molar-refractivity contribution is -0.119. The maximum Gasteiger partial charge on any atom is 0.255 e. The van der Waals surface area contributed by atoms with Crippen molar-refractivity contribution in [1.29, 1.82) is 0 Å². The van der Waals surface area contributed by atoms with E-state index < -0.39 is 5.91 Å². The molecule has 2 rings (SSSR count). The summed E-state index contributed by atoms with van der Waals surface area (Å²) >= 11 is 0. The monoisotopic (exact) mass is 346 g/mol. The van der Waals surface area contributed by atoms with Crippen LogP contribution >= 0.6 is 0 Å². The fourth-order valence-corrected chi connectivity index (χ4v) is 2.00. The van der Waals surface area contributed by atoms with Crippen molar-refractivity contribution in [3.63, 3.8) is 0 Å². The van der Waals surface area contributed by atoms with Crippen LogP contribution in [0, 0.1) is 0 Å². The normalized spacial score (nSPS) is 11.0. The summed E-state index contributed by atoms with van der Waals surface area (Å²) in [5.74, 6) is 0.572. The summed E-state index contributed by atoms with van der Waals surface area (Å²) in [5.41, 5.74) is 5.36. The van der Waals surface area contributed by atoms with E-state index in [1.807, 2.05) is 0 Å². The second kappa shape index (κ2) is 8.44. The number of amides is 1. The van der Waals surface area contributed by atoms with E-state index in [1.165, 1.54) is 18.2 Å². The molecule has 1 amide bonds. The molecule has 0 saturated carbocycles. The fraction of sp³-hybridized carbons (Fsp3) is 0.176. The Hall–Kier alpha value is -3.42. The second-order valence-electron chi connectivity index (χ2n) is 4.95. The van der Waals surface area contributed by atoms with Crippen molar-refractivity contribution >= 4 is 11.6 Å². The summed E-state index contributed by atoms with van der Waals surface area (Å²) in [5, 5.41) is 22.4. The molecule has 0 aliphatic rings. The van der Waals surface area contributed by atoms with Gasteiger partial charge in [0.15, 0.2) is 6.61 Å². The number of primary amides is 1. The summed E-state index contributed by atoms with van der Waals surface area (Å²) in [6, 6.07) is 11.2. The highest BCUT2D eigenvalue weighted by molar-refractivity contribution is 6.03. The highest BCUT2D eigenvalue weighted by atomic mass is 16.5. The maximum absolute atomic E-state index is 10.7. The van der Waals surface area contributed by atoms with Crippen molar-refractivity contribution in [3.05, 3.63) is 48.0 Å². The number of methoxy groups -OCH3 is 1. The molecule has 0 aliphatic carbocycles. The van der Waals surface area contributed by atoms with Gasteiger partial charge >= 0.3 is 0 Å². The van der Waals surface area contributed by atoms with E-state index in [1.54, 1.807) is 31.4 Å². The zero-order valence-corrected chi connectivity index (χ0v) is 13.5. The lowest BCUT2D eigenvalue weighted by Gasteiger charge is -2.11. The maximum atomic E-state index is 10.7. The van der Waals surface area contributed by atoms with Gasteiger partial charge in [-0.05, 0) is 24.3 Å². The molecule has 0 saturated heterocycles. The minimum absolute atomic E-state index is 0.0846. The Kier molecular flexibility index (Phi) is 6.05. The molecule has 2 aromatic carbocycles. The van der Waals surface area contributed by atoms with Crippen LogP contribution < -0.4 is 19.9 Å². The van der Waals surface area contributed by atoms with E-state index in [-0.39, 0.29) is 36.0 Å². The first-order valence-corrected chi connectivity index (χ1v) is 7.25. The number of nitrogens with two attached hydrogens (primary N) is 1. The van der Waals surface area contributed by atoms with Crippen molar-refractivity contribution in [1.82, 2.24) is 0 Å². The van der Waals surface area contributed by atoms with E-state index in [0.717, 1.165) is 0 Å². The number of phenolic OH excluding ortho intramolecular Hbond substituents is 1. The summed E-state index contributed by atoms with van der Waals surface area (Å²) in [6.07, 6.45) is 0. The predicted molar refractivity (Wildman–Crippen MR) is 89.6 cm³/mol. The Morgan fingerprint density at radius 2 is 1.76 bits per heavy atom. The molecular weight excluding hydrogens is 328 g/mol. The van der Waals surface area contributed by atoms with E-state index >= 15 is 0 Å². The lowest BCUT2D eigenvalue weighted by Crippen LogP contribution is -2.20. The molecule has 2 aromatic rings. The number of hydrogen-bond acceptors (Lipinski definition) is 7. The molecule has 25 heavy (non-hydrogen) atoms. The van der Waals surface area contributed by atoms with Crippen LogP contribution in [0.5, 0.6) is 23.0 Å². The number of phenols is 1. The fourth-order valence-electron chi connectivity index (χ4n) is 2.00. The van der Waals surface area contributed by atoms with Crippen LogP contribution in [0.3, 0.4) is 0 Å². The Balaban J connectivity index is 2.08. The summed E-state index contributed by atoms with van der Waals surface area (Å²) in [4.78, 5) is 10.7. The molecule has 4 N–H and O–H groups in total. The molecule has 132 valence electrons. The number of benzene rings is 2. The third-order valence-corrected chi connectivity index (χ3v) is 3.20. The molecular formula is C17H18N2O6. The minimum atomic E-state index is -0.632. The van der Waals surface area contributed by atoms with Gasteiger partial charge < -0.3 is 30.3 Å². The molecule has 0 radical (unpaired) electrons. The summed E-state index contributed by atoms with van der Waals surface area (Å²) < 4.78 is 15.7. The summed E-state index contributed by atoms with van der Waals surface area (Å²) in [7, 11) is 1.54. The predicted octanol–water partition coefficient (Wildman–Crippen LogP) is 1.52. The third kappa shape index (κ3) is 5.03. The van der Waals surface area contributed by atoms with Crippen molar-refractivity contribution in [2.75, 3.05) is 20.3 Å². The van der Waals surface area contributed by atoms with Crippen molar-refractivity contribution < 1.29 is 29.3 Å². The highest BCUT2D eigenvalue weighted by Crippen LogP contribution is 2.25. The molecule has 0 aromatic heterocycles. The Morgan fingerprint density at radius 1 is 1.08 bits per heavy atom. The number of carbonyl (C=O) groups excluding carboxylic acids is 1.